The largest absolute Gasteiger partial charge is 0.487 e. The molecular weight excluding hydrogens is 274 g/mol. The van der Waals surface area contributed by atoms with Gasteiger partial charge in [0.15, 0.2) is 0 Å². The molecule has 0 aliphatic carbocycles. The normalized spacial score (nSPS) is 11.9. The molecule has 1 N–H and O–H groups in total. The number of aromatic nitrogens is 2. The van der Waals surface area contributed by atoms with Crippen molar-refractivity contribution >= 4 is 17.5 Å². The third kappa shape index (κ3) is 4.10. The number of anilines is 1. The maximum atomic E-state index is 6.09. The Morgan fingerprint density at radius 2 is 1.95 bits per heavy atom. The topological polar surface area (TPSA) is 47.0 Å². The quantitative estimate of drug-likeness (QED) is 0.881. The van der Waals surface area contributed by atoms with E-state index in [0.29, 0.717) is 23.3 Å². The van der Waals surface area contributed by atoms with Crippen LogP contribution in [0.4, 0.5) is 5.95 Å². The molecule has 0 radical (unpaired) electrons. The highest BCUT2D eigenvalue weighted by Gasteiger charge is 2.10. The van der Waals surface area contributed by atoms with Gasteiger partial charge in [0, 0.05) is 12.4 Å². The second kappa shape index (κ2) is 7.10. The first-order valence-corrected chi connectivity index (χ1v) is 7.00. The van der Waals surface area contributed by atoms with Crippen LogP contribution in [0, 0.1) is 6.92 Å². The van der Waals surface area contributed by atoms with Crippen LogP contribution in [-0.4, -0.2) is 22.6 Å². The molecule has 1 aromatic carbocycles. The lowest BCUT2D eigenvalue weighted by molar-refractivity contribution is 0.210. The van der Waals surface area contributed by atoms with Crippen molar-refractivity contribution in [3.8, 4) is 5.75 Å². The molecule has 0 saturated heterocycles. The standard InChI is InChI=1S/C15H18ClN3O/c1-3-12(20-14-7-5-4-6-13(14)16)10-19-15-17-8-11(2)9-18-15/h4-9,12H,3,10H2,1-2H3,(H,17,18,19). The van der Waals surface area contributed by atoms with Crippen LogP contribution in [-0.2, 0) is 0 Å². The molecule has 20 heavy (non-hydrogen) atoms. The van der Waals surface area contributed by atoms with Crippen LogP contribution in [0.5, 0.6) is 5.75 Å². The number of halogens is 1. The van der Waals surface area contributed by atoms with E-state index in [1.807, 2.05) is 31.2 Å². The molecule has 1 unspecified atom stereocenters. The van der Waals surface area contributed by atoms with Crippen LogP contribution in [0.15, 0.2) is 36.7 Å². The predicted octanol–water partition coefficient (Wildman–Crippen LogP) is 3.71. The van der Waals surface area contributed by atoms with Crippen molar-refractivity contribution in [3.63, 3.8) is 0 Å². The summed E-state index contributed by atoms with van der Waals surface area (Å²) in [6.45, 7) is 4.66. The highest BCUT2D eigenvalue weighted by molar-refractivity contribution is 6.32. The van der Waals surface area contributed by atoms with Crippen LogP contribution >= 0.6 is 11.6 Å². The Bertz CT molecular complexity index is 545. The molecule has 4 nitrogen and oxygen atoms in total. The van der Waals surface area contributed by atoms with E-state index in [1.165, 1.54) is 0 Å². The third-order valence-corrected chi connectivity index (χ3v) is 3.17. The van der Waals surface area contributed by atoms with Crippen LogP contribution in [0.1, 0.15) is 18.9 Å². The maximum absolute atomic E-state index is 6.09. The Hall–Kier alpha value is -1.81. The average molecular weight is 292 g/mol. The van der Waals surface area contributed by atoms with E-state index in [0.717, 1.165) is 12.0 Å². The zero-order chi connectivity index (χ0) is 14.4. The van der Waals surface area contributed by atoms with Crippen molar-refractivity contribution in [1.82, 2.24) is 9.97 Å². The van der Waals surface area contributed by atoms with Crippen molar-refractivity contribution in [2.75, 3.05) is 11.9 Å². The summed E-state index contributed by atoms with van der Waals surface area (Å²) in [5, 5.41) is 3.80. The van der Waals surface area contributed by atoms with Gasteiger partial charge in [0.05, 0.1) is 11.6 Å². The van der Waals surface area contributed by atoms with Gasteiger partial charge < -0.3 is 10.1 Å². The Balaban J connectivity index is 1.92. The van der Waals surface area contributed by atoms with E-state index in [1.54, 1.807) is 12.4 Å². The second-order valence-corrected chi connectivity index (χ2v) is 4.95. The van der Waals surface area contributed by atoms with Gasteiger partial charge in [-0.2, -0.15) is 0 Å². The van der Waals surface area contributed by atoms with E-state index in [2.05, 4.69) is 22.2 Å². The van der Waals surface area contributed by atoms with Crippen molar-refractivity contribution in [2.45, 2.75) is 26.4 Å². The number of hydrogen-bond acceptors (Lipinski definition) is 4. The van der Waals surface area contributed by atoms with Crippen LogP contribution in [0.3, 0.4) is 0 Å². The zero-order valence-electron chi connectivity index (χ0n) is 11.6. The molecular formula is C15H18ClN3O. The van der Waals surface area contributed by atoms with Gasteiger partial charge >= 0.3 is 0 Å². The summed E-state index contributed by atoms with van der Waals surface area (Å²) in [5.74, 6) is 1.31. The van der Waals surface area contributed by atoms with E-state index in [4.69, 9.17) is 16.3 Å². The lowest BCUT2D eigenvalue weighted by Crippen LogP contribution is -2.26. The fourth-order valence-corrected chi connectivity index (χ4v) is 1.86. The molecule has 1 aromatic heterocycles. The lowest BCUT2D eigenvalue weighted by Gasteiger charge is -2.18. The first kappa shape index (κ1) is 14.6. The molecule has 1 heterocycles. The minimum Gasteiger partial charge on any atom is -0.487 e. The zero-order valence-corrected chi connectivity index (χ0v) is 12.4. The molecule has 0 aliphatic rings. The molecule has 0 aliphatic heterocycles. The van der Waals surface area contributed by atoms with Crippen molar-refractivity contribution in [1.29, 1.82) is 0 Å². The second-order valence-electron chi connectivity index (χ2n) is 4.54. The monoisotopic (exact) mass is 291 g/mol. The number of rotatable bonds is 6. The van der Waals surface area contributed by atoms with Crippen LogP contribution in [0.25, 0.3) is 0 Å². The van der Waals surface area contributed by atoms with E-state index in [-0.39, 0.29) is 6.10 Å². The van der Waals surface area contributed by atoms with Gasteiger partial charge in [-0.15, -0.1) is 0 Å². The molecule has 2 rings (SSSR count). The molecule has 106 valence electrons. The van der Waals surface area contributed by atoms with Gasteiger partial charge in [0.25, 0.3) is 0 Å². The van der Waals surface area contributed by atoms with Gasteiger partial charge in [0.2, 0.25) is 5.95 Å². The van der Waals surface area contributed by atoms with Crippen LogP contribution < -0.4 is 10.1 Å². The SMILES string of the molecule is CCC(CNc1ncc(C)cn1)Oc1ccccc1Cl. The number of ether oxygens (including phenoxy) is 1. The van der Waals surface area contributed by atoms with Crippen LogP contribution in [0.2, 0.25) is 5.02 Å². The third-order valence-electron chi connectivity index (χ3n) is 2.85. The fourth-order valence-electron chi connectivity index (χ4n) is 1.68. The Labute approximate surface area is 124 Å². The summed E-state index contributed by atoms with van der Waals surface area (Å²) in [6, 6.07) is 7.48. The fraction of sp³-hybridized carbons (Fsp3) is 0.333. The van der Waals surface area contributed by atoms with E-state index >= 15 is 0 Å². The molecule has 2 aromatic rings. The molecule has 1 atom stereocenters. The predicted molar refractivity (Wildman–Crippen MR) is 81.4 cm³/mol. The molecule has 0 fully saturated rings. The number of benzene rings is 1. The number of aryl methyl sites for hydroxylation is 1. The molecule has 0 bridgehead atoms. The summed E-state index contributed by atoms with van der Waals surface area (Å²) in [6.07, 6.45) is 4.44. The maximum Gasteiger partial charge on any atom is 0.222 e. The van der Waals surface area contributed by atoms with Gasteiger partial charge in [-0.3, -0.25) is 0 Å². The van der Waals surface area contributed by atoms with E-state index in [9.17, 15) is 0 Å². The Morgan fingerprint density at radius 1 is 1.25 bits per heavy atom. The number of para-hydroxylation sites is 1. The summed E-state index contributed by atoms with van der Waals surface area (Å²) in [7, 11) is 0. The van der Waals surface area contributed by atoms with Crippen molar-refractivity contribution in [3.05, 3.63) is 47.2 Å². The molecule has 5 heteroatoms. The van der Waals surface area contributed by atoms with Gasteiger partial charge in [-0.25, -0.2) is 9.97 Å². The molecule has 0 saturated carbocycles. The van der Waals surface area contributed by atoms with Gasteiger partial charge in [0.1, 0.15) is 11.9 Å². The Kier molecular flexibility index (Phi) is 5.18. The van der Waals surface area contributed by atoms with Crippen molar-refractivity contribution < 1.29 is 4.74 Å². The number of hydrogen-bond donors (Lipinski definition) is 1. The summed E-state index contributed by atoms with van der Waals surface area (Å²) >= 11 is 6.09. The number of nitrogens with one attached hydrogen (secondary N) is 1. The first-order valence-electron chi connectivity index (χ1n) is 6.62. The van der Waals surface area contributed by atoms with Gasteiger partial charge in [-0.05, 0) is 31.0 Å². The van der Waals surface area contributed by atoms with E-state index < -0.39 is 0 Å². The molecule has 0 spiro atoms. The smallest absolute Gasteiger partial charge is 0.222 e. The first-order chi connectivity index (χ1) is 9.69. The Morgan fingerprint density at radius 3 is 2.60 bits per heavy atom. The highest BCUT2D eigenvalue weighted by Crippen LogP contribution is 2.24. The minimum absolute atomic E-state index is 0.0137. The summed E-state index contributed by atoms with van der Waals surface area (Å²) in [4.78, 5) is 8.41. The summed E-state index contributed by atoms with van der Waals surface area (Å²) < 4.78 is 5.89. The van der Waals surface area contributed by atoms with Gasteiger partial charge in [-0.1, -0.05) is 30.7 Å². The summed E-state index contributed by atoms with van der Waals surface area (Å²) in [5.41, 5.74) is 1.04. The minimum atomic E-state index is 0.0137. The number of nitrogens with zero attached hydrogens (tertiary/aromatic N) is 2. The lowest BCUT2D eigenvalue weighted by atomic mass is 10.2. The highest BCUT2D eigenvalue weighted by atomic mass is 35.5. The average Bonchev–Trinajstić information content (AvgIpc) is 2.47. The molecule has 0 amide bonds. The van der Waals surface area contributed by atoms with Crippen molar-refractivity contribution in [2.24, 2.45) is 0 Å².